The van der Waals surface area contributed by atoms with Crippen molar-refractivity contribution in [2.75, 3.05) is 0 Å². The Kier molecular flexibility index (Phi) is 15.7. The maximum Gasteiger partial charge on any atom is 0.303 e. The Morgan fingerprint density at radius 2 is 1.51 bits per heavy atom. The molecule has 4 rings (SSSR count). The maximum atomic E-state index is 10.5. The van der Waals surface area contributed by atoms with Crippen molar-refractivity contribution in [3.8, 4) is 0 Å². The molecule has 0 radical (unpaired) electrons. The van der Waals surface area contributed by atoms with Gasteiger partial charge in [0.2, 0.25) is 0 Å². The van der Waals surface area contributed by atoms with Gasteiger partial charge in [-0.15, -0.1) is 0 Å². The van der Waals surface area contributed by atoms with Crippen molar-refractivity contribution in [1.29, 1.82) is 0 Å². The van der Waals surface area contributed by atoms with E-state index in [9.17, 15) is 4.79 Å². The van der Waals surface area contributed by atoms with Gasteiger partial charge in [-0.25, -0.2) is 0 Å². The Labute approximate surface area is 292 Å². The number of hydrogen-bond donors (Lipinski definition) is 1. The smallest absolute Gasteiger partial charge is 0.303 e. The SMILES string of the molecule is CC(C)CCC[C@@H](C)[C@H]1CCC2C3CC=C4CC(CCCCCC=CCC=CCCCCCCCC(=O)O)CC[C@]4(C)C3CC[C@@]21C. The van der Waals surface area contributed by atoms with E-state index in [1.165, 1.54) is 122 Å². The fourth-order valence-electron chi connectivity index (χ4n) is 11.5. The molecular formula is C45H76O2. The number of fused-ring (bicyclic) bond motifs is 5. The summed E-state index contributed by atoms with van der Waals surface area (Å²) in [6, 6.07) is 0. The molecule has 4 aliphatic rings. The lowest BCUT2D eigenvalue weighted by molar-refractivity contribution is -0.137. The zero-order valence-corrected chi connectivity index (χ0v) is 31.8. The Hall–Kier alpha value is -1.31. The molecule has 2 nitrogen and oxygen atoms in total. The predicted octanol–water partition coefficient (Wildman–Crippen LogP) is 13.9. The van der Waals surface area contributed by atoms with E-state index in [1.54, 1.807) is 0 Å². The number of unbranched alkanes of at least 4 members (excludes halogenated alkanes) is 8. The van der Waals surface area contributed by atoms with Crippen LogP contribution in [0.5, 0.6) is 0 Å². The summed E-state index contributed by atoms with van der Waals surface area (Å²) in [5, 5.41) is 8.69. The van der Waals surface area contributed by atoms with E-state index in [1.807, 2.05) is 5.57 Å². The predicted molar refractivity (Wildman–Crippen MR) is 202 cm³/mol. The average Bonchev–Trinajstić information content (AvgIpc) is 3.39. The molecule has 0 aromatic heterocycles. The molecule has 0 heterocycles. The van der Waals surface area contributed by atoms with Gasteiger partial charge >= 0.3 is 5.97 Å². The highest BCUT2D eigenvalue weighted by Gasteiger charge is 2.59. The van der Waals surface area contributed by atoms with Crippen molar-refractivity contribution in [3.63, 3.8) is 0 Å². The standard InChI is InChI=1S/C45H76O2/c1-35(2)22-21-23-36(3)40-28-29-41-39-27-26-38-34-37(30-32-44(38,4)42(39)31-33-45(40,41)5)24-19-17-15-13-11-9-7-6-8-10-12-14-16-18-20-25-43(46)47/h6,8-9,11,26,35-37,39-42H,7,10,12-25,27-34H2,1-5H3,(H,46,47)/t36-,37?,39?,40-,41?,42?,44+,45-/m1/s1. The van der Waals surface area contributed by atoms with Crippen LogP contribution in [0.25, 0.3) is 0 Å². The summed E-state index contributed by atoms with van der Waals surface area (Å²) < 4.78 is 0. The third-order valence-corrected chi connectivity index (χ3v) is 14.3. The first-order valence-electron chi connectivity index (χ1n) is 20.9. The molecule has 0 spiro atoms. The second kappa shape index (κ2) is 19.2. The number of allylic oxidation sites excluding steroid dienone is 6. The highest BCUT2D eigenvalue weighted by atomic mass is 16.4. The van der Waals surface area contributed by atoms with Gasteiger partial charge in [0.05, 0.1) is 0 Å². The van der Waals surface area contributed by atoms with Crippen LogP contribution in [0.3, 0.4) is 0 Å². The van der Waals surface area contributed by atoms with Crippen molar-refractivity contribution in [1.82, 2.24) is 0 Å². The van der Waals surface area contributed by atoms with Crippen molar-refractivity contribution in [2.45, 2.75) is 189 Å². The van der Waals surface area contributed by atoms with Crippen molar-refractivity contribution in [2.24, 2.45) is 52.3 Å². The van der Waals surface area contributed by atoms with Gasteiger partial charge < -0.3 is 5.11 Å². The molecule has 0 aliphatic heterocycles. The van der Waals surface area contributed by atoms with Crippen LogP contribution in [0.4, 0.5) is 0 Å². The minimum atomic E-state index is -0.663. The minimum absolute atomic E-state index is 0.324. The van der Waals surface area contributed by atoms with Crippen LogP contribution < -0.4 is 0 Å². The lowest BCUT2D eigenvalue weighted by Crippen LogP contribution is -2.50. The van der Waals surface area contributed by atoms with Gasteiger partial charge in [-0.1, -0.05) is 128 Å². The molecule has 2 heteroatoms. The Bertz CT molecular complexity index is 1020. The fraction of sp³-hybridized carbons (Fsp3) is 0.844. The van der Waals surface area contributed by atoms with Crippen molar-refractivity contribution < 1.29 is 9.90 Å². The summed E-state index contributed by atoms with van der Waals surface area (Å²) in [6.45, 7) is 12.9. The molecule has 0 bridgehead atoms. The van der Waals surface area contributed by atoms with Crippen LogP contribution in [0.2, 0.25) is 0 Å². The zero-order valence-electron chi connectivity index (χ0n) is 31.8. The Morgan fingerprint density at radius 3 is 2.23 bits per heavy atom. The van der Waals surface area contributed by atoms with Crippen LogP contribution in [-0.4, -0.2) is 11.1 Å². The van der Waals surface area contributed by atoms with Gasteiger partial charge in [0.25, 0.3) is 0 Å². The monoisotopic (exact) mass is 649 g/mol. The molecule has 3 fully saturated rings. The van der Waals surface area contributed by atoms with Crippen LogP contribution in [-0.2, 0) is 4.79 Å². The van der Waals surface area contributed by atoms with Gasteiger partial charge in [0.15, 0.2) is 0 Å². The van der Waals surface area contributed by atoms with Gasteiger partial charge in [0.1, 0.15) is 0 Å². The van der Waals surface area contributed by atoms with E-state index < -0.39 is 5.97 Å². The molecule has 0 aromatic carbocycles. The maximum absolute atomic E-state index is 10.5. The normalized spacial score (nSPS) is 32.8. The molecule has 0 saturated heterocycles. The fourth-order valence-corrected chi connectivity index (χ4v) is 11.5. The van der Waals surface area contributed by atoms with E-state index >= 15 is 0 Å². The summed E-state index contributed by atoms with van der Waals surface area (Å²) in [6.07, 6.45) is 43.2. The first kappa shape index (κ1) is 38.5. The minimum Gasteiger partial charge on any atom is -0.481 e. The highest BCUT2D eigenvalue weighted by molar-refractivity contribution is 5.66. The summed E-state index contributed by atoms with van der Waals surface area (Å²) in [5.74, 6) is 5.91. The summed E-state index contributed by atoms with van der Waals surface area (Å²) in [7, 11) is 0. The average molecular weight is 649 g/mol. The van der Waals surface area contributed by atoms with Crippen LogP contribution in [0.1, 0.15) is 189 Å². The topological polar surface area (TPSA) is 37.3 Å². The van der Waals surface area contributed by atoms with Gasteiger partial charge in [0, 0.05) is 6.42 Å². The van der Waals surface area contributed by atoms with Gasteiger partial charge in [-0.2, -0.15) is 0 Å². The number of carboxylic acids is 1. The first-order valence-corrected chi connectivity index (χ1v) is 20.9. The molecule has 268 valence electrons. The number of rotatable bonds is 21. The van der Waals surface area contributed by atoms with Crippen LogP contribution >= 0.6 is 0 Å². The zero-order chi connectivity index (χ0) is 33.7. The second-order valence-corrected chi connectivity index (χ2v) is 17.9. The molecule has 1 N–H and O–H groups in total. The molecule has 47 heavy (non-hydrogen) atoms. The van der Waals surface area contributed by atoms with E-state index in [0.29, 0.717) is 17.3 Å². The van der Waals surface area contributed by atoms with E-state index in [-0.39, 0.29) is 0 Å². The lowest BCUT2D eigenvalue weighted by Gasteiger charge is -2.58. The Balaban J connectivity index is 1.10. The van der Waals surface area contributed by atoms with E-state index in [2.05, 4.69) is 65.0 Å². The van der Waals surface area contributed by atoms with E-state index in [4.69, 9.17) is 5.11 Å². The summed E-state index contributed by atoms with van der Waals surface area (Å²) in [4.78, 5) is 10.5. The third kappa shape index (κ3) is 10.8. The van der Waals surface area contributed by atoms with Crippen molar-refractivity contribution in [3.05, 3.63) is 36.0 Å². The number of carbonyl (C=O) groups is 1. The largest absolute Gasteiger partial charge is 0.481 e. The molecule has 0 aromatic rings. The van der Waals surface area contributed by atoms with Crippen molar-refractivity contribution >= 4 is 5.97 Å². The van der Waals surface area contributed by atoms with Crippen LogP contribution in [0, 0.1) is 52.3 Å². The molecule has 4 unspecified atom stereocenters. The lowest BCUT2D eigenvalue weighted by atomic mass is 9.46. The van der Waals surface area contributed by atoms with Crippen LogP contribution in [0.15, 0.2) is 36.0 Å². The second-order valence-electron chi connectivity index (χ2n) is 17.9. The molecular weight excluding hydrogens is 572 g/mol. The number of hydrogen-bond acceptors (Lipinski definition) is 1. The molecule has 4 aliphatic carbocycles. The molecule has 0 amide bonds. The van der Waals surface area contributed by atoms with Gasteiger partial charge in [-0.05, 0) is 142 Å². The Morgan fingerprint density at radius 1 is 0.809 bits per heavy atom. The number of aliphatic carboxylic acids is 1. The third-order valence-electron chi connectivity index (χ3n) is 14.3. The summed E-state index contributed by atoms with van der Waals surface area (Å²) >= 11 is 0. The molecule has 8 atom stereocenters. The van der Waals surface area contributed by atoms with E-state index in [0.717, 1.165) is 67.1 Å². The summed E-state index contributed by atoms with van der Waals surface area (Å²) in [5.41, 5.74) is 3.00. The quantitative estimate of drug-likeness (QED) is 0.0993. The van der Waals surface area contributed by atoms with Gasteiger partial charge in [-0.3, -0.25) is 4.79 Å². The number of carboxylic acid groups (broad SMARTS) is 1. The first-order chi connectivity index (χ1) is 22.6. The highest BCUT2D eigenvalue weighted by Crippen LogP contribution is 2.67. The molecule has 3 saturated carbocycles.